The van der Waals surface area contributed by atoms with Gasteiger partial charge in [0.05, 0.1) is 10.9 Å². The van der Waals surface area contributed by atoms with E-state index in [1.54, 1.807) is 10.6 Å². The maximum atomic E-state index is 12.8. The molecule has 0 unspecified atom stereocenters. The molecule has 0 bridgehead atoms. The molecule has 1 aromatic heterocycles. The highest BCUT2D eigenvalue weighted by Crippen LogP contribution is 2.38. The van der Waals surface area contributed by atoms with Crippen LogP contribution in [0.3, 0.4) is 0 Å². The first kappa shape index (κ1) is 14.4. The first-order valence-corrected chi connectivity index (χ1v) is 8.51. The molecule has 5 heteroatoms. The highest BCUT2D eigenvalue weighted by atomic mass is 16.2. The van der Waals surface area contributed by atoms with Crippen molar-refractivity contribution in [1.29, 1.82) is 0 Å². The highest BCUT2D eigenvalue weighted by Gasteiger charge is 2.30. The molecule has 0 radical (unpaired) electrons. The molecular weight excluding hydrogens is 290 g/mol. The van der Waals surface area contributed by atoms with E-state index < -0.39 is 0 Å². The molecule has 23 heavy (non-hydrogen) atoms. The van der Waals surface area contributed by atoms with Crippen LogP contribution < -0.4 is 10.9 Å². The topological polar surface area (TPSA) is 64.0 Å². The second kappa shape index (κ2) is 5.80. The number of nitrogens with zero attached hydrogens (tertiary/aromatic N) is 2. The number of fused-ring (bicyclic) bond motifs is 1. The molecule has 0 aliphatic heterocycles. The summed E-state index contributed by atoms with van der Waals surface area (Å²) in [6.45, 7) is 0.0823. The SMILES string of the molecule is O=C(Cn1c(C2CC2)nc2ccccc2c1=O)NC1CCCC1. The second-order valence-electron chi connectivity index (χ2n) is 6.70. The summed E-state index contributed by atoms with van der Waals surface area (Å²) < 4.78 is 1.59. The maximum Gasteiger partial charge on any atom is 0.261 e. The van der Waals surface area contributed by atoms with Crippen LogP contribution in [0.15, 0.2) is 29.1 Å². The van der Waals surface area contributed by atoms with Crippen molar-refractivity contribution in [3.05, 3.63) is 40.4 Å². The summed E-state index contributed by atoms with van der Waals surface area (Å²) in [4.78, 5) is 29.8. The number of nitrogens with one attached hydrogen (secondary N) is 1. The Bertz CT molecular complexity index is 802. The van der Waals surface area contributed by atoms with Gasteiger partial charge in [-0.2, -0.15) is 0 Å². The third-order valence-corrected chi connectivity index (χ3v) is 4.86. The van der Waals surface area contributed by atoms with Gasteiger partial charge >= 0.3 is 0 Å². The van der Waals surface area contributed by atoms with Crippen molar-refractivity contribution in [3.8, 4) is 0 Å². The minimum absolute atomic E-state index is 0.0713. The average molecular weight is 311 g/mol. The molecule has 2 aliphatic rings. The number of carbonyl (C=O) groups is 1. The van der Waals surface area contributed by atoms with Gasteiger partial charge in [0, 0.05) is 12.0 Å². The average Bonchev–Trinajstić information content (AvgIpc) is 3.28. The first-order chi connectivity index (χ1) is 11.2. The number of benzene rings is 1. The zero-order valence-electron chi connectivity index (χ0n) is 13.1. The number of amides is 1. The summed E-state index contributed by atoms with van der Waals surface area (Å²) in [5, 5.41) is 3.65. The molecule has 2 aromatic rings. The lowest BCUT2D eigenvalue weighted by molar-refractivity contribution is -0.122. The number of aromatic nitrogens is 2. The Labute approximate surface area is 134 Å². The zero-order chi connectivity index (χ0) is 15.8. The van der Waals surface area contributed by atoms with Crippen molar-refractivity contribution in [2.45, 2.75) is 57.0 Å². The molecule has 120 valence electrons. The van der Waals surface area contributed by atoms with Gasteiger partial charge in [-0.1, -0.05) is 25.0 Å². The summed E-state index contributed by atoms with van der Waals surface area (Å²) >= 11 is 0. The second-order valence-corrected chi connectivity index (χ2v) is 6.70. The van der Waals surface area contributed by atoms with E-state index in [0.717, 1.165) is 37.0 Å². The summed E-state index contributed by atoms with van der Waals surface area (Å²) in [5.74, 6) is 1.03. The van der Waals surface area contributed by atoms with Crippen molar-refractivity contribution in [2.75, 3.05) is 0 Å². The van der Waals surface area contributed by atoms with Gasteiger partial charge in [-0.15, -0.1) is 0 Å². The fourth-order valence-electron chi connectivity index (χ4n) is 3.48. The van der Waals surface area contributed by atoms with Crippen molar-refractivity contribution in [2.24, 2.45) is 0 Å². The van der Waals surface area contributed by atoms with Crippen molar-refractivity contribution in [3.63, 3.8) is 0 Å². The Hall–Kier alpha value is -2.17. The molecule has 1 heterocycles. The Morgan fingerprint density at radius 3 is 2.65 bits per heavy atom. The molecule has 4 rings (SSSR count). The molecule has 2 fully saturated rings. The van der Waals surface area contributed by atoms with E-state index >= 15 is 0 Å². The quantitative estimate of drug-likeness (QED) is 0.942. The lowest BCUT2D eigenvalue weighted by Crippen LogP contribution is -2.38. The van der Waals surface area contributed by atoms with Crippen LogP contribution in [-0.2, 0) is 11.3 Å². The minimum atomic E-state index is -0.0981. The Morgan fingerprint density at radius 2 is 1.91 bits per heavy atom. The molecule has 5 nitrogen and oxygen atoms in total. The summed E-state index contributed by atoms with van der Waals surface area (Å²) in [6.07, 6.45) is 6.55. The molecule has 0 spiro atoms. The first-order valence-electron chi connectivity index (χ1n) is 8.51. The Kier molecular flexibility index (Phi) is 3.63. The van der Waals surface area contributed by atoms with Crippen LogP contribution >= 0.6 is 0 Å². The van der Waals surface area contributed by atoms with Crippen LogP contribution in [-0.4, -0.2) is 21.5 Å². The predicted octanol–water partition coefficient (Wildman–Crippen LogP) is 2.33. The van der Waals surface area contributed by atoms with Gasteiger partial charge < -0.3 is 5.32 Å². The zero-order valence-corrected chi connectivity index (χ0v) is 13.1. The van der Waals surface area contributed by atoms with E-state index in [1.165, 1.54) is 12.8 Å². The largest absolute Gasteiger partial charge is 0.352 e. The summed E-state index contributed by atoms with van der Waals surface area (Å²) in [7, 11) is 0. The van der Waals surface area contributed by atoms with E-state index in [-0.39, 0.29) is 24.1 Å². The van der Waals surface area contributed by atoms with E-state index in [1.807, 2.05) is 18.2 Å². The van der Waals surface area contributed by atoms with Gasteiger partial charge in [0.25, 0.3) is 5.56 Å². The number of carbonyl (C=O) groups excluding carboxylic acids is 1. The lowest BCUT2D eigenvalue weighted by Gasteiger charge is -2.15. The van der Waals surface area contributed by atoms with Gasteiger partial charge in [-0.25, -0.2) is 4.98 Å². The van der Waals surface area contributed by atoms with E-state index in [0.29, 0.717) is 11.3 Å². The third kappa shape index (κ3) is 2.87. The molecule has 0 saturated heterocycles. The molecule has 2 aliphatic carbocycles. The highest BCUT2D eigenvalue weighted by molar-refractivity contribution is 5.79. The summed E-state index contributed by atoms with van der Waals surface area (Å²) in [6, 6.07) is 7.66. The monoisotopic (exact) mass is 311 g/mol. The lowest BCUT2D eigenvalue weighted by atomic mass is 10.2. The van der Waals surface area contributed by atoms with E-state index in [9.17, 15) is 9.59 Å². The van der Waals surface area contributed by atoms with Crippen LogP contribution in [0.1, 0.15) is 50.3 Å². The van der Waals surface area contributed by atoms with Crippen molar-refractivity contribution < 1.29 is 4.79 Å². The predicted molar refractivity (Wildman–Crippen MR) is 88.4 cm³/mol. The third-order valence-electron chi connectivity index (χ3n) is 4.86. The van der Waals surface area contributed by atoms with Crippen LogP contribution in [0.4, 0.5) is 0 Å². The number of para-hydroxylation sites is 1. The molecular formula is C18H21N3O2. The van der Waals surface area contributed by atoms with Crippen LogP contribution in [0, 0.1) is 0 Å². The van der Waals surface area contributed by atoms with Gasteiger partial charge in [0.15, 0.2) is 0 Å². The molecule has 0 atom stereocenters. The number of rotatable bonds is 4. The molecule has 1 aromatic carbocycles. The van der Waals surface area contributed by atoms with Crippen LogP contribution in [0.5, 0.6) is 0 Å². The van der Waals surface area contributed by atoms with Gasteiger partial charge in [-0.05, 0) is 37.8 Å². The van der Waals surface area contributed by atoms with Gasteiger partial charge in [0.1, 0.15) is 12.4 Å². The summed E-state index contributed by atoms with van der Waals surface area (Å²) in [5.41, 5.74) is 0.630. The van der Waals surface area contributed by atoms with Crippen LogP contribution in [0.2, 0.25) is 0 Å². The molecule has 1 N–H and O–H groups in total. The van der Waals surface area contributed by atoms with E-state index in [4.69, 9.17) is 0 Å². The normalized spacial score (nSPS) is 18.4. The van der Waals surface area contributed by atoms with Crippen LogP contribution in [0.25, 0.3) is 10.9 Å². The molecule has 1 amide bonds. The van der Waals surface area contributed by atoms with E-state index in [2.05, 4.69) is 10.3 Å². The number of hydrogen-bond donors (Lipinski definition) is 1. The minimum Gasteiger partial charge on any atom is -0.352 e. The van der Waals surface area contributed by atoms with Gasteiger partial charge in [-0.3, -0.25) is 14.2 Å². The fraction of sp³-hybridized carbons (Fsp3) is 0.500. The number of hydrogen-bond acceptors (Lipinski definition) is 3. The van der Waals surface area contributed by atoms with Gasteiger partial charge in [0.2, 0.25) is 5.91 Å². The Balaban J connectivity index is 1.67. The Morgan fingerprint density at radius 1 is 1.17 bits per heavy atom. The smallest absolute Gasteiger partial charge is 0.261 e. The maximum absolute atomic E-state index is 12.8. The fourth-order valence-corrected chi connectivity index (χ4v) is 3.48. The van der Waals surface area contributed by atoms with Crippen molar-refractivity contribution >= 4 is 16.8 Å². The standard InChI is InChI=1S/C18H21N3O2/c22-16(19-13-5-1-2-6-13)11-21-17(12-9-10-12)20-15-8-4-3-7-14(15)18(21)23/h3-4,7-8,12-13H,1-2,5-6,9-11H2,(H,19,22). The van der Waals surface area contributed by atoms with Crippen molar-refractivity contribution in [1.82, 2.24) is 14.9 Å². The molecule has 2 saturated carbocycles.